The summed E-state index contributed by atoms with van der Waals surface area (Å²) in [5, 5.41) is 9.59. The third-order valence-electron chi connectivity index (χ3n) is 7.46. The molecule has 0 atom stereocenters. The normalized spacial score (nSPS) is 14.3. The van der Waals surface area contributed by atoms with Gasteiger partial charge in [0.15, 0.2) is 0 Å². The van der Waals surface area contributed by atoms with E-state index >= 15 is 0 Å². The number of fused-ring (bicyclic) bond motifs is 2. The quantitative estimate of drug-likeness (QED) is 0.248. The molecule has 5 heterocycles. The fourth-order valence-corrected chi connectivity index (χ4v) is 5.58. The summed E-state index contributed by atoms with van der Waals surface area (Å²) in [7, 11) is 0. The van der Waals surface area contributed by atoms with E-state index in [2.05, 4.69) is 30.1 Å². The van der Waals surface area contributed by atoms with Crippen LogP contribution in [0.25, 0.3) is 55.6 Å². The topological polar surface area (TPSA) is 92.4 Å². The molecule has 0 amide bonds. The third kappa shape index (κ3) is 4.52. The van der Waals surface area contributed by atoms with E-state index in [1.54, 1.807) is 24.8 Å². The number of ether oxygens (including phenoxy) is 1. The largest absolute Gasteiger partial charge is 0.489 e. The summed E-state index contributed by atoms with van der Waals surface area (Å²) in [6.07, 6.45) is 15.1. The van der Waals surface area contributed by atoms with Crippen molar-refractivity contribution in [3.8, 4) is 39.5 Å². The smallest absolute Gasteiger partial charge is 0.138 e. The van der Waals surface area contributed by atoms with Crippen LogP contribution in [0.2, 0.25) is 0 Å². The first kappa shape index (κ1) is 23.5. The van der Waals surface area contributed by atoms with Crippen molar-refractivity contribution in [3.63, 3.8) is 0 Å². The summed E-state index contributed by atoms with van der Waals surface area (Å²) in [6.45, 7) is 1.89. The Labute approximate surface area is 224 Å². The molecule has 0 saturated heterocycles. The lowest BCUT2D eigenvalue weighted by Gasteiger charge is -2.22. The summed E-state index contributed by atoms with van der Waals surface area (Å²) in [6, 6.07) is 11.1. The molecule has 194 valence electrons. The molecule has 1 saturated carbocycles. The molecule has 2 N–H and O–H groups in total. The molecular weight excluding hydrogens is 491 g/mol. The van der Waals surface area contributed by atoms with Gasteiger partial charge in [-0.2, -0.15) is 5.10 Å². The van der Waals surface area contributed by atoms with Crippen LogP contribution in [0.3, 0.4) is 0 Å². The van der Waals surface area contributed by atoms with Crippen LogP contribution in [-0.2, 0) is 0 Å². The Morgan fingerprint density at radius 3 is 2.56 bits per heavy atom. The summed E-state index contributed by atoms with van der Waals surface area (Å²) in [4.78, 5) is 16.9. The molecule has 6 aromatic rings. The van der Waals surface area contributed by atoms with Crippen LogP contribution in [-0.4, -0.2) is 36.2 Å². The highest BCUT2D eigenvalue weighted by atomic mass is 19.1. The van der Waals surface area contributed by atoms with Gasteiger partial charge in [-0.25, -0.2) is 4.39 Å². The Morgan fingerprint density at radius 1 is 0.821 bits per heavy atom. The highest BCUT2D eigenvalue weighted by molar-refractivity contribution is 6.01. The van der Waals surface area contributed by atoms with E-state index in [9.17, 15) is 4.39 Å². The first-order chi connectivity index (χ1) is 19.1. The van der Waals surface area contributed by atoms with Gasteiger partial charge in [0.25, 0.3) is 0 Å². The van der Waals surface area contributed by atoms with Crippen LogP contribution in [0.1, 0.15) is 37.7 Å². The Bertz CT molecular complexity index is 1800. The second kappa shape index (κ2) is 9.62. The first-order valence-corrected chi connectivity index (χ1v) is 13.3. The number of pyridine rings is 3. The Hall–Kier alpha value is -4.59. The highest BCUT2D eigenvalue weighted by Gasteiger charge is 2.17. The van der Waals surface area contributed by atoms with Gasteiger partial charge in [-0.1, -0.05) is 12.5 Å². The van der Waals surface area contributed by atoms with Gasteiger partial charge in [0, 0.05) is 34.3 Å². The molecule has 0 spiro atoms. The molecule has 0 radical (unpaired) electrons. The molecule has 8 heteroatoms. The minimum atomic E-state index is -0.265. The van der Waals surface area contributed by atoms with Crippen molar-refractivity contribution in [2.45, 2.75) is 45.1 Å². The highest BCUT2D eigenvalue weighted by Crippen LogP contribution is 2.35. The summed E-state index contributed by atoms with van der Waals surface area (Å²) in [5.74, 6) is 0.510. The van der Waals surface area contributed by atoms with E-state index < -0.39 is 0 Å². The van der Waals surface area contributed by atoms with Gasteiger partial charge in [-0.3, -0.25) is 20.1 Å². The second-order valence-corrected chi connectivity index (χ2v) is 10.3. The van der Waals surface area contributed by atoms with Crippen molar-refractivity contribution in [2.75, 3.05) is 0 Å². The Kier molecular flexibility index (Phi) is 5.80. The first-order valence-electron chi connectivity index (χ1n) is 13.3. The lowest BCUT2D eigenvalue weighted by Crippen LogP contribution is -2.19. The Balaban J connectivity index is 1.26. The fraction of sp³-hybridized carbons (Fsp3) is 0.226. The minimum Gasteiger partial charge on any atom is -0.489 e. The van der Waals surface area contributed by atoms with Gasteiger partial charge in [0.1, 0.15) is 17.3 Å². The maximum Gasteiger partial charge on any atom is 0.138 e. The van der Waals surface area contributed by atoms with Crippen LogP contribution in [0.4, 0.5) is 4.39 Å². The molecule has 0 bridgehead atoms. The van der Waals surface area contributed by atoms with E-state index in [1.165, 1.54) is 31.4 Å². The lowest BCUT2D eigenvalue weighted by molar-refractivity contribution is 0.154. The van der Waals surface area contributed by atoms with Gasteiger partial charge in [-0.15, -0.1) is 0 Å². The zero-order chi connectivity index (χ0) is 26.3. The molecule has 0 unspecified atom stereocenters. The predicted molar refractivity (Wildman–Crippen MR) is 150 cm³/mol. The SMILES string of the molecule is Cc1cc(F)cc(-c2cncc3[nH]c(-c4n[nH]c5cnc(-c6cncc(OC7CCCCC7)c6)cc45)cc23)c1. The second-order valence-electron chi connectivity index (χ2n) is 10.3. The van der Waals surface area contributed by atoms with Gasteiger partial charge < -0.3 is 9.72 Å². The number of aryl methyl sites for hydroxylation is 1. The summed E-state index contributed by atoms with van der Waals surface area (Å²) >= 11 is 0. The molecule has 1 aliphatic carbocycles. The van der Waals surface area contributed by atoms with Crippen molar-refractivity contribution in [2.24, 2.45) is 0 Å². The maximum absolute atomic E-state index is 14.2. The number of nitrogens with one attached hydrogen (secondary N) is 2. The molecule has 39 heavy (non-hydrogen) atoms. The van der Waals surface area contributed by atoms with E-state index in [-0.39, 0.29) is 11.9 Å². The zero-order valence-electron chi connectivity index (χ0n) is 21.5. The van der Waals surface area contributed by atoms with Crippen LogP contribution in [0.5, 0.6) is 5.75 Å². The van der Waals surface area contributed by atoms with Gasteiger partial charge >= 0.3 is 0 Å². The van der Waals surface area contributed by atoms with Crippen molar-refractivity contribution in [1.29, 1.82) is 0 Å². The van der Waals surface area contributed by atoms with Gasteiger partial charge in [-0.05, 0) is 74.1 Å². The van der Waals surface area contributed by atoms with E-state index in [1.807, 2.05) is 37.4 Å². The van der Waals surface area contributed by atoms with E-state index in [0.29, 0.717) is 0 Å². The number of hydrogen-bond donors (Lipinski definition) is 2. The molecule has 1 aromatic carbocycles. The molecule has 5 aromatic heterocycles. The van der Waals surface area contributed by atoms with Crippen molar-refractivity contribution < 1.29 is 9.13 Å². The molecule has 7 rings (SSSR count). The van der Waals surface area contributed by atoms with Crippen molar-refractivity contribution >= 4 is 21.8 Å². The number of aromatic nitrogens is 6. The molecular formula is C31H27FN6O. The summed E-state index contributed by atoms with van der Waals surface area (Å²) in [5.41, 5.74) is 7.48. The number of nitrogens with zero attached hydrogens (tertiary/aromatic N) is 4. The number of rotatable bonds is 5. The van der Waals surface area contributed by atoms with E-state index in [4.69, 9.17) is 4.74 Å². The van der Waals surface area contributed by atoms with Gasteiger partial charge in [0.2, 0.25) is 0 Å². The summed E-state index contributed by atoms with van der Waals surface area (Å²) < 4.78 is 20.4. The third-order valence-corrected chi connectivity index (χ3v) is 7.46. The predicted octanol–water partition coefficient (Wildman–Crippen LogP) is 7.39. The molecule has 1 fully saturated rings. The van der Waals surface area contributed by atoms with Crippen molar-refractivity contribution in [3.05, 3.63) is 78.8 Å². The van der Waals surface area contributed by atoms with Crippen LogP contribution < -0.4 is 4.74 Å². The van der Waals surface area contributed by atoms with Crippen LogP contribution in [0, 0.1) is 12.7 Å². The number of H-pyrrole nitrogens is 2. The lowest BCUT2D eigenvalue weighted by atomic mass is 9.98. The molecule has 1 aliphatic rings. The van der Waals surface area contributed by atoms with E-state index in [0.717, 1.165) is 79.7 Å². The van der Waals surface area contributed by atoms with Gasteiger partial charge in [0.05, 0.1) is 47.1 Å². The Morgan fingerprint density at radius 2 is 1.69 bits per heavy atom. The maximum atomic E-state index is 14.2. The number of benzene rings is 1. The minimum absolute atomic E-state index is 0.254. The average molecular weight is 519 g/mol. The number of hydrogen-bond acceptors (Lipinski definition) is 5. The number of halogens is 1. The number of aromatic amines is 2. The molecule has 0 aliphatic heterocycles. The standard InChI is InChI=1S/C31H27FN6O/c1-18-7-19(9-21(32)8-18)26-15-34-16-29-24(26)11-28(36-29)31-25-12-27(35-17-30(25)37-38-31)20-10-23(14-33-13-20)39-22-5-3-2-4-6-22/h7-17,22,36H,2-6H2,1H3,(H,37,38). The van der Waals surface area contributed by atoms with Crippen molar-refractivity contribution in [1.82, 2.24) is 30.1 Å². The van der Waals surface area contributed by atoms with Crippen LogP contribution >= 0.6 is 0 Å². The average Bonchev–Trinajstić information content (AvgIpc) is 3.57. The fourth-order valence-electron chi connectivity index (χ4n) is 5.58. The molecule has 7 nitrogen and oxygen atoms in total. The van der Waals surface area contributed by atoms with Crippen LogP contribution in [0.15, 0.2) is 67.4 Å². The monoisotopic (exact) mass is 518 g/mol. The zero-order valence-corrected chi connectivity index (χ0v) is 21.5.